The van der Waals surface area contributed by atoms with Gasteiger partial charge in [0.1, 0.15) is 0 Å². The SMILES string of the molecule is O=c1cc(-c2ccc3ccccc3n2)cc[nH]1. The molecule has 2 heterocycles. The number of para-hydroxylation sites is 1. The summed E-state index contributed by atoms with van der Waals surface area (Å²) in [7, 11) is 0. The second kappa shape index (κ2) is 3.87. The van der Waals surface area contributed by atoms with E-state index >= 15 is 0 Å². The van der Waals surface area contributed by atoms with Crippen molar-refractivity contribution < 1.29 is 0 Å². The van der Waals surface area contributed by atoms with Crippen molar-refractivity contribution in [3.8, 4) is 11.3 Å². The van der Waals surface area contributed by atoms with Crippen LogP contribution in [0.15, 0.2) is 59.5 Å². The van der Waals surface area contributed by atoms with Crippen molar-refractivity contribution in [3.63, 3.8) is 0 Å². The van der Waals surface area contributed by atoms with E-state index in [0.717, 1.165) is 22.2 Å². The van der Waals surface area contributed by atoms with Gasteiger partial charge in [-0.05, 0) is 18.2 Å². The van der Waals surface area contributed by atoms with E-state index in [0.29, 0.717) is 0 Å². The minimum atomic E-state index is -0.113. The van der Waals surface area contributed by atoms with Gasteiger partial charge in [-0.15, -0.1) is 0 Å². The predicted octanol–water partition coefficient (Wildman–Crippen LogP) is 2.59. The Balaban J connectivity index is 2.21. The van der Waals surface area contributed by atoms with Crippen molar-refractivity contribution in [1.29, 1.82) is 0 Å². The third kappa shape index (κ3) is 1.83. The maximum atomic E-state index is 11.2. The lowest BCUT2D eigenvalue weighted by Crippen LogP contribution is -2.02. The molecule has 0 amide bonds. The van der Waals surface area contributed by atoms with Crippen molar-refractivity contribution in [3.05, 3.63) is 65.1 Å². The summed E-state index contributed by atoms with van der Waals surface area (Å²) < 4.78 is 0. The summed E-state index contributed by atoms with van der Waals surface area (Å²) in [4.78, 5) is 18.4. The van der Waals surface area contributed by atoms with Gasteiger partial charge in [-0.1, -0.05) is 24.3 Å². The van der Waals surface area contributed by atoms with Crippen LogP contribution in [0.5, 0.6) is 0 Å². The van der Waals surface area contributed by atoms with Crippen LogP contribution >= 0.6 is 0 Å². The van der Waals surface area contributed by atoms with Gasteiger partial charge in [-0.3, -0.25) is 4.79 Å². The number of rotatable bonds is 1. The van der Waals surface area contributed by atoms with Crippen LogP contribution in [0.3, 0.4) is 0 Å². The Hall–Kier alpha value is -2.42. The molecule has 0 spiro atoms. The zero-order valence-corrected chi connectivity index (χ0v) is 9.05. The first kappa shape index (κ1) is 9.78. The highest BCUT2D eigenvalue weighted by atomic mass is 16.1. The summed E-state index contributed by atoms with van der Waals surface area (Å²) in [5, 5.41) is 1.10. The number of aromatic nitrogens is 2. The van der Waals surface area contributed by atoms with Crippen LogP contribution < -0.4 is 5.56 Å². The van der Waals surface area contributed by atoms with Gasteiger partial charge >= 0.3 is 0 Å². The highest BCUT2D eigenvalue weighted by Crippen LogP contribution is 2.19. The first-order chi connectivity index (χ1) is 8.33. The van der Waals surface area contributed by atoms with E-state index in [-0.39, 0.29) is 5.56 Å². The molecule has 17 heavy (non-hydrogen) atoms. The second-order valence-corrected chi connectivity index (χ2v) is 3.83. The molecule has 1 N–H and O–H groups in total. The molecule has 0 aliphatic heterocycles. The van der Waals surface area contributed by atoms with Crippen molar-refractivity contribution in [2.24, 2.45) is 0 Å². The quantitative estimate of drug-likeness (QED) is 0.687. The number of H-pyrrole nitrogens is 1. The van der Waals surface area contributed by atoms with Crippen molar-refractivity contribution in [1.82, 2.24) is 9.97 Å². The molecule has 3 nitrogen and oxygen atoms in total. The topological polar surface area (TPSA) is 45.8 Å². The summed E-state index contributed by atoms with van der Waals surface area (Å²) >= 11 is 0. The van der Waals surface area contributed by atoms with E-state index in [1.807, 2.05) is 42.5 Å². The standard InChI is InChI=1S/C14H10N2O/c17-14-9-11(7-8-15-14)13-6-5-10-3-1-2-4-12(10)16-13/h1-9H,(H,15,17). The fourth-order valence-electron chi connectivity index (χ4n) is 1.83. The van der Waals surface area contributed by atoms with Crippen LogP contribution in [-0.2, 0) is 0 Å². The average molecular weight is 222 g/mol. The fraction of sp³-hybridized carbons (Fsp3) is 0. The van der Waals surface area contributed by atoms with E-state index in [2.05, 4.69) is 9.97 Å². The lowest BCUT2D eigenvalue weighted by atomic mass is 10.1. The Morgan fingerprint density at radius 2 is 1.88 bits per heavy atom. The van der Waals surface area contributed by atoms with Gasteiger partial charge < -0.3 is 4.98 Å². The van der Waals surface area contributed by atoms with Gasteiger partial charge in [0.15, 0.2) is 0 Å². The van der Waals surface area contributed by atoms with Crippen LogP contribution in [-0.4, -0.2) is 9.97 Å². The number of pyridine rings is 2. The van der Waals surface area contributed by atoms with Gasteiger partial charge in [-0.2, -0.15) is 0 Å². The van der Waals surface area contributed by atoms with E-state index in [9.17, 15) is 4.79 Å². The number of nitrogens with zero attached hydrogens (tertiary/aromatic N) is 1. The molecule has 1 aromatic carbocycles. The van der Waals surface area contributed by atoms with E-state index in [1.165, 1.54) is 0 Å². The van der Waals surface area contributed by atoms with E-state index in [4.69, 9.17) is 0 Å². The smallest absolute Gasteiger partial charge is 0.248 e. The molecular formula is C14H10N2O. The number of hydrogen-bond acceptors (Lipinski definition) is 2. The molecule has 0 fully saturated rings. The Kier molecular flexibility index (Phi) is 2.22. The molecule has 3 aromatic rings. The summed E-state index contributed by atoms with van der Waals surface area (Å²) in [5.41, 5.74) is 2.47. The third-order valence-corrected chi connectivity index (χ3v) is 2.67. The highest BCUT2D eigenvalue weighted by Gasteiger charge is 2.01. The van der Waals surface area contributed by atoms with Crippen LogP contribution in [0.25, 0.3) is 22.2 Å². The summed E-state index contributed by atoms with van der Waals surface area (Å²) in [5.74, 6) is 0. The Morgan fingerprint density at radius 1 is 1.00 bits per heavy atom. The molecule has 0 saturated carbocycles. The molecule has 0 bridgehead atoms. The van der Waals surface area contributed by atoms with Crippen LogP contribution in [0.2, 0.25) is 0 Å². The highest BCUT2D eigenvalue weighted by molar-refractivity contribution is 5.81. The molecule has 3 rings (SSSR count). The number of nitrogens with one attached hydrogen (secondary N) is 1. The molecule has 0 unspecified atom stereocenters. The molecule has 0 saturated heterocycles. The minimum Gasteiger partial charge on any atom is -0.329 e. The maximum absolute atomic E-state index is 11.2. The van der Waals surface area contributed by atoms with Gasteiger partial charge in [0.2, 0.25) is 5.56 Å². The molecule has 3 heteroatoms. The molecule has 82 valence electrons. The molecule has 0 radical (unpaired) electrons. The second-order valence-electron chi connectivity index (χ2n) is 3.83. The Labute approximate surface area is 97.8 Å². The van der Waals surface area contributed by atoms with Gasteiger partial charge in [0.05, 0.1) is 11.2 Å². The van der Waals surface area contributed by atoms with Crippen LogP contribution in [0, 0.1) is 0 Å². The van der Waals surface area contributed by atoms with Crippen molar-refractivity contribution in [2.45, 2.75) is 0 Å². The summed E-state index contributed by atoms with van der Waals surface area (Å²) in [6.45, 7) is 0. The van der Waals surface area contributed by atoms with Crippen molar-refractivity contribution in [2.75, 3.05) is 0 Å². The first-order valence-electron chi connectivity index (χ1n) is 5.38. The third-order valence-electron chi connectivity index (χ3n) is 2.67. The molecule has 2 aromatic heterocycles. The summed E-state index contributed by atoms with van der Waals surface area (Å²) in [6, 6.07) is 15.3. The average Bonchev–Trinajstić information content (AvgIpc) is 2.38. The molecule has 0 atom stereocenters. The van der Waals surface area contributed by atoms with Crippen molar-refractivity contribution >= 4 is 10.9 Å². The molecule has 0 aliphatic carbocycles. The Morgan fingerprint density at radius 3 is 2.76 bits per heavy atom. The largest absolute Gasteiger partial charge is 0.329 e. The minimum absolute atomic E-state index is 0.113. The molecule has 0 aliphatic rings. The lowest BCUT2D eigenvalue weighted by molar-refractivity contribution is 1.23. The van der Waals surface area contributed by atoms with E-state index < -0.39 is 0 Å². The number of fused-ring (bicyclic) bond motifs is 1. The lowest BCUT2D eigenvalue weighted by Gasteiger charge is -2.02. The maximum Gasteiger partial charge on any atom is 0.248 e. The van der Waals surface area contributed by atoms with E-state index in [1.54, 1.807) is 12.3 Å². The van der Waals surface area contributed by atoms with Crippen LogP contribution in [0.4, 0.5) is 0 Å². The number of aromatic amines is 1. The zero-order chi connectivity index (χ0) is 11.7. The summed E-state index contributed by atoms with van der Waals surface area (Å²) in [6.07, 6.45) is 1.63. The zero-order valence-electron chi connectivity index (χ0n) is 9.05. The number of hydrogen-bond donors (Lipinski definition) is 1. The van der Waals surface area contributed by atoms with Crippen LogP contribution in [0.1, 0.15) is 0 Å². The van der Waals surface area contributed by atoms with Gasteiger partial charge in [0.25, 0.3) is 0 Å². The Bertz CT molecular complexity index is 731. The normalized spacial score (nSPS) is 10.6. The van der Waals surface area contributed by atoms with Gasteiger partial charge in [-0.25, -0.2) is 4.98 Å². The first-order valence-corrected chi connectivity index (χ1v) is 5.38. The monoisotopic (exact) mass is 222 g/mol. The number of benzene rings is 1. The predicted molar refractivity (Wildman–Crippen MR) is 67.8 cm³/mol. The van der Waals surface area contributed by atoms with Gasteiger partial charge in [0, 0.05) is 23.2 Å². The fourth-order valence-corrected chi connectivity index (χ4v) is 1.83. The molecular weight excluding hydrogens is 212 g/mol.